The van der Waals surface area contributed by atoms with Crippen LogP contribution in [0.1, 0.15) is 5.56 Å². The van der Waals surface area contributed by atoms with Crippen molar-refractivity contribution in [2.75, 3.05) is 0 Å². The Balaban J connectivity index is 2.66. The Morgan fingerprint density at radius 1 is 1.42 bits per heavy atom. The number of thiazole rings is 1. The van der Waals surface area contributed by atoms with Gasteiger partial charge in [0.25, 0.3) is 0 Å². The van der Waals surface area contributed by atoms with Gasteiger partial charge in [-0.05, 0) is 17.7 Å². The van der Waals surface area contributed by atoms with Gasteiger partial charge in [-0.15, -0.1) is 22.9 Å². The van der Waals surface area contributed by atoms with E-state index in [0.29, 0.717) is 10.3 Å². The highest BCUT2D eigenvalue weighted by atomic mass is 35.5. The topological polar surface area (TPSA) is 12.9 Å². The fourth-order valence-corrected chi connectivity index (χ4v) is 2.28. The molecule has 4 heteroatoms. The first-order chi connectivity index (χ1) is 5.79. The van der Waals surface area contributed by atoms with E-state index in [0.717, 1.165) is 15.8 Å². The molecule has 1 aromatic carbocycles. The lowest BCUT2D eigenvalue weighted by atomic mass is 10.2. The predicted molar refractivity (Wildman–Crippen MR) is 54.2 cm³/mol. The molecule has 0 saturated heterocycles. The molecular weight excluding hydrogens is 213 g/mol. The van der Waals surface area contributed by atoms with Crippen LogP contribution < -0.4 is 0 Å². The fraction of sp³-hybridized carbons (Fsp3) is 0.125. The van der Waals surface area contributed by atoms with Crippen molar-refractivity contribution in [1.82, 2.24) is 4.98 Å². The molecule has 2 rings (SSSR count). The summed E-state index contributed by atoms with van der Waals surface area (Å²) >= 11 is 12.9. The highest BCUT2D eigenvalue weighted by Gasteiger charge is 2.01. The van der Waals surface area contributed by atoms with Crippen molar-refractivity contribution in [3.05, 3.63) is 28.2 Å². The second kappa shape index (κ2) is 3.21. The quantitative estimate of drug-likeness (QED) is 0.665. The number of fused-ring (bicyclic) bond motifs is 1. The number of aromatic nitrogens is 1. The highest BCUT2D eigenvalue weighted by molar-refractivity contribution is 7.22. The van der Waals surface area contributed by atoms with E-state index in [9.17, 15) is 0 Å². The zero-order chi connectivity index (χ0) is 8.55. The van der Waals surface area contributed by atoms with Gasteiger partial charge in [0.2, 0.25) is 0 Å². The maximum atomic E-state index is 5.75. The lowest BCUT2D eigenvalue weighted by molar-refractivity contribution is 1.41. The molecular formula is C8H5Cl2NS. The normalized spacial score (nSPS) is 10.8. The van der Waals surface area contributed by atoms with E-state index >= 15 is 0 Å². The molecule has 62 valence electrons. The van der Waals surface area contributed by atoms with Crippen LogP contribution in [0, 0.1) is 0 Å². The summed E-state index contributed by atoms with van der Waals surface area (Å²) in [4.78, 5) is 4.13. The Hall–Kier alpha value is -0.310. The Kier molecular flexibility index (Phi) is 2.22. The molecule has 0 aliphatic rings. The molecule has 0 N–H and O–H groups in total. The number of halogens is 2. The maximum Gasteiger partial charge on any atom is 0.184 e. The van der Waals surface area contributed by atoms with Crippen molar-refractivity contribution < 1.29 is 0 Å². The SMILES string of the molecule is ClCc1ccc2nc(Cl)sc2c1. The summed E-state index contributed by atoms with van der Waals surface area (Å²) in [5.74, 6) is 0.533. The van der Waals surface area contributed by atoms with Gasteiger partial charge in [-0.25, -0.2) is 4.98 Å². The number of hydrogen-bond acceptors (Lipinski definition) is 2. The molecule has 0 aliphatic heterocycles. The van der Waals surface area contributed by atoms with Gasteiger partial charge in [0.15, 0.2) is 4.47 Å². The van der Waals surface area contributed by atoms with Crippen molar-refractivity contribution in [2.24, 2.45) is 0 Å². The van der Waals surface area contributed by atoms with Crippen LogP contribution in [0.15, 0.2) is 18.2 Å². The van der Waals surface area contributed by atoms with E-state index in [-0.39, 0.29) is 0 Å². The van der Waals surface area contributed by atoms with Crippen molar-refractivity contribution in [3.8, 4) is 0 Å². The molecule has 0 bridgehead atoms. The second-order valence-electron chi connectivity index (χ2n) is 2.40. The minimum Gasteiger partial charge on any atom is -0.225 e. The van der Waals surface area contributed by atoms with E-state index in [1.54, 1.807) is 0 Å². The van der Waals surface area contributed by atoms with E-state index in [1.165, 1.54) is 11.3 Å². The number of rotatable bonds is 1. The first kappa shape index (κ1) is 8.30. The Morgan fingerprint density at radius 3 is 3.00 bits per heavy atom. The fourth-order valence-electron chi connectivity index (χ4n) is 1.02. The monoisotopic (exact) mass is 217 g/mol. The summed E-state index contributed by atoms with van der Waals surface area (Å²) in [5.41, 5.74) is 2.04. The minimum absolute atomic E-state index is 0.533. The molecule has 0 aliphatic carbocycles. The Bertz CT molecular complexity index is 410. The summed E-state index contributed by atoms with van der Waals surface area (Å²) in [5, 5.41) is 0. The average Bonchev–Trinajstić information content (AvgIpc) is 2.43. The predicted octanol–water partition coefficient (Wildman–Crippen LogP) is 3.69. The summed E-state index contributed by atoms with van der Waals surface area (Å²) in [6, 6.07) is 5.92. The molecule has 1 aromatic heterocycles. The van der Waals surface area contributed by atoms with Gasteiger partial charge in [0.05, 0.1) is 10.2 Å². The first-order valence-corrected chi connectivity index (χ1v) is 5.13. The molecule has 1 nitrogen and oxygen atoms in total. The maximum absolute atomic E-state index is 5.75. The van der Waals surface area contributed by atoms with Crippen LogP contribution in [-0.2, 0) is 5.88 Å². The number of benzene rings is 1. The summed E-state index contributed by atoms with van der Waals surface area (Å²) in [6.45, 7) is 0. The third-order valence-electron chi connectivity index (χ3n) is 1.58. The van der Waals surface area contributed by atoms with E-state index in [2.05, 4.69) is 4.98 Å². The molecule has 2 aromatic rings. The number of hydrogen-bond donors (Lipinski definition) is 0. The Morgan fingerprint density at radius 2 is 2.25 bits per heavy atom. The molecule has 0 atom stereocenters. The number of nitrogens with zero attached hydrogens (tertiary/aromatic N) is 1. The minimum atomic E-state index is 0.533. The lowest BCUT2D eigenvalue weighted by Crippen LogP contribution is -1.75. The van der Waals surface area contributed by atoms with Gasteiger partial charge in [-0.2, -0.15) is 0 Å². The second-order valence-corrected chi connectivity index (χ2v) is 4.28. The average molecular weight is 218 g/mol. The Labute approximate surface area is 83.9 Å². The molecule has 0 unspecified atom stereocenters. The van der Waals surface area contributed by atoms with Crippen LogP contribution in [0.4, 0.5) is 0 Å². The first-order valence-electron chi connectivity index (χ1n) is 3.40. The molecule has 0 amide bonds. The smallest absolute Gasteiger partial charge is 0.184 e. The standard InChI is InChI=1S/C8H5Cl2NS/c9-4-5-1-2-6-7(3-5)12-8(10)11-6/h1-3H,4H2. The number of alkyl halides is 1. The van der Waals surface area contributed by atoms with Gasteiger partial charge in [0, 0.05) is 5.88 Å². The van der Waals surface area contributed by atoms with E-state index < -0.39 is 0 Å². The summed E-state index contributed by atoms with van der Waals surface area (Å²) in [6.07, 6.45) is 0. The van der Waals surface area contributed by atoms with Gasteiger partial charge >= 0.3 is 0 Å². The van der Waals surface area contributed by atoms with Crippen LogP contribution in [0.5, 0.6) is 0 Å². The van der Waals surface area contributed by atoms with E-state index in [1.807, 2.05) is 18.2 Å². The molecule has 0 spiro atoms. The molecule has 1 heterocycles. The van der Waals surface area contributed by atoms with Crippen molar-refractivity contribution in [3.63, 3.8) is 0 Å². The van der Waals surface area contributed by atoms with Crippen molar-refractivity contribution >= 4 is 44.8 Å². The van der Waals surface area contributed by atoms with Gasteiger partial charge in [-0.3, -0.25) is 0 Å². The van der Waals surface area contributed by atoms with Crippen LogP contribution >= 0.6 is 34.5 Å². The molecule has 0 radical (unpaired) electrons. The largest absolute Gasteiger partial charge is 0.225 e. The summed E-state index contributed by atoms with van der Waals surface area (Å²) in [7, 11) is 0. The zero-order valence-corrected chi connectivity index (χ0v) is 8.38. The lowest BCUT2D eigenvalue weighted by Gasteiger charge is -1.92. The molecule has 12 heavy (non-hydrogen) atoms. The van der Waals surface area contributed by atoms with Crippen molar-refractivity contribution in [2.45, 2.75) is 5.88 Å². The van der Waals surface area contributed by atoms with E-state index in [4.69, 9.17) is 23.2 Å². The van der Waals surface area contributed by atoms with Crippen LogP contribution in [0.25, 0.3) is 10.2 Å². The van der Waals surface area contributed by atoms with Crippen molar-refractivity contribution in [1.29, 1.82) is 0 Å². The third-order valence-corrected chi connectivity index (χ3v) is 3.01. The van der Waals surface area contributed by atoms with Gasteiger partial charge in [-0.1, -0.05) is 17.7 Å². The molecule has 0 fully saturated rings. The van der Waals surface area contributed by atoms with Gasteiger partial charge in [0.1, 0.15) is 0 Å². The third kappa shape index (κ3) is 1.42. The molecule has 0 saturated carbocycles. The van der Waals surface area contributed by atoms with Gasteiger partial charge < -0.3 is 0 Å². The van der Waals surface area contributed by atoms with Crippen LogP contribution in [0.2, 0.25) is 4.47 Å². The van der Waals surface area contributed by atoms with Crippen LogP contribution in [-0.4, -0.2) is 4.98 Å². The highest BCUT2D eigenvalue weighted by Crippen LogP contribution is 2.26. The summed E-state index contributed by atoms with van der Waals surface area (Å²) < 4.78 is 1.68. The van der Waals surface area contributed by atoms with Crippen LogP contribution in [0.3, 0.4) is 0 Å². The zero-order valence-electron chi connectivity index (χ0n) is 6.05.